The first kappa shape index (κ1) is 13.5. The Balaban J connectivity index is 2.73. The average molecular weight is 243 g/mol. The fraction of sp³-hybridized carbons (Fsp3) is 0.800. The molecule has 0 amide bonds. The lowest BCUT2D eigenvalue weighted by molar-refractivity contribution is 0.155. The first-order chi connectivity index (χ1) is 7.51. The van der Waals surface area contributed by atoms with E-state index in [9.17, 15) is 0 Å². The minimum absolute atomic E-state index is 0.279. The van der Waals surface area contributed by atoms with Gasteiger partial charge in [-0.1, -0.05) is 11.8 Å². The van der Waals surface area contributed by atoms with Crippen LogP contribution in [0.15, 0.2) is 9.98 Å². The predicted octanol–water partition coefficient (Wildman–Crippen LogP) is 1.25. The third kappa shape index (κ3) is 4.51. The van der Waals surface area contributed by atoms with E-state index in [0.717, 1.165) is 11.0 Å². The normalized spacial score (nSPS) is 20.4. The molecule has 0 spiro atoms. The largest absolute Gasteiger partial charge is 0.284 e. The molecule has 2 N–H and O–H groups in total. The minimum atomic E-state index is 0.279. The van der Waals surface area contributed by atoms with E-state index >= 15 is 0 Å². The number of thioether (sulfide) groups is 1. The van der Waals surface area contributed by atoms with Crippen molar-refractivity contribution in [3.63, 3.8) is 0 Å². The highest BCUT2D eigenvalue weighted by Crippen LogP contribution is 2.04. The minimum Gasteiger partial charge on any atom is -0.284 e. The highest BCUT2D eigenvalue weighted by atomic mass is 32.2. The summed E-state index contributed by atoms with van der Waals surface area (Å²) >= 11 is 1.58. The van der Waals surface area contributed by atoms with E-state index in [2.05, 4.69) is 48.5 Å². The molecule has 1 aliphatic heterocycles. The van der Waals surface area contributed by atoms with Crippen LogP contribution in [0.2, 0.25) is 0 Å². The van der Waals surface area contributed by atoms with E-state index in [1.165, 1.54) is 0 Å². The Labute approximate surface area is 102 Å². The smallest absolute Gasteiger partial charge is 0.178 e. The molecule has 0 aromatic carbocycles. The quantitative estimate of drug-likeness (QED) is 0.783. The molecule has 0 bridgehead atoms. The highest BCUT2D eigenvalue weighted by Gasteiger charge is 2.17. The molecule has 6 heteroatoms. The van der Waals surface area contributed by atoms with Crippen LogP contribution in [0.1, 0.15) is 27.7 Å². The number of amidine groups is 2. The number of nitrogens with one attached hydrogen (secondary N) is 2. The molecule has 0 unspecified atom stereocenters. The Morgan fingerprint density at radius 3 is 2.62 bits per heavy atom. The molecular formula is C10H21N5S. The Bertz CT molecular complexity index is 285. The zero-order chi connectivity index (χ0) is 12.1. The summed E-state index contributed by atoms with van der Waals surface area (Å²) < 4.78 is 0. The number of hydrogen-bond acceptors (Lipinski definition) is 5. The number of hydrogen-bond donors (Lipinski definition) is 2. The van der Waals surface area contributed by atoms with Crippen LogP contribution < -0.4 is 10.9 Å². The molecule has 5 nitrogen and oxygen atoms in total. The van der Waals surface area contributed by atoms with Crippen LogP contribution in [-0.4, -0.2) is 41.0 Å². The first-order valence-electron chi connectivity index (χ1n) is 5.51. The molecule has 0 aromatic rings. The van der Waals surface area contributed by atoms with Gasteiger partial charge in [0.2, 0.25) is 0 Å². The number of aliphatic imine (C=N–C) groups is 2. The molecule has 0 fully saturated rings. The van der Waals surface area contributed by atoms with Crippen molar-refractivity contribution in [1.29, 1.82) is 0 Å². The van der Waals surface area contributed by atoms with Crippen molar-refractivity contribution in [2.75, 3.05) is 12.8 Å². The lowest BCUT2D eigenvalue weighted by Gasteiger charge is -2.30. The lowest BCUT2D eigenvalue weighted by Crippen LogP contribution is -2.56. The third-order valence-corrected chi connectivity index (χ3v) is 2.34. The number of rotatable bonds is 3. The van der Waals surface area contributed by atoms with Crippen molar-refractivity contribution in [2.24, 2.45) is 9.98 Å². The van der Waals surface area contributed by atoms with Crippen molar-refractivity contribution in [2.45, 2.75) is 39.8 Å². The Kier molecular flexibility index (Phi) is 5.24. The zero-order valence-corrected chi connectivity index (χ0v) is 11.4. The summed E-state index contributed by atoms with van der Waals surface area (Å²) in [6, 6.07) is 0.662. The van der Waals surface area contributed by atoms with Crippen LogP contribution >= 0.6 is 11.8 Å². The average Bonchev–Trinajstić information content (AvgIpc) is 2.14. The van der Waals surface area contributed by atoms with Gasteiger partial charge >= 0.3 is 0 Å². The molecule has 0 aliphatic carbocycles. The van der Waals surface area contributed by atoms with E-state index in [1.807, 2.05) is 11.4 Å². The van der Waals surface area contributed by atoms with E-state index in [-0.39, 0.29) is 6.04 Å². The van der Waals surface area contributed by atoms with E-state index in [0.29, 0.717) is 12.6 Å². The summed E-state index contributed by atoms with van der Waals surface area (Å²) in [6.07, 6.45) is 2.00. The Morgan fingerprint density at radius 1 is 1.44 bits per heavy atom. The first-order valence-corrected chi connectivity index (χ1v) is 6.73. The Morgan fingerprint density at radius 2 is 2.12 bits per heavy atom. The van der Waals surface area contributed by atoms with Gasteiger partial charge in [-0.2, -0.15) is 0 Å². The van der Waals surface area contributed by atoms with Gasteiger partial charge in [0.05, 0.1) is 6.54 Å². The van der Waals surface area contributed by atoms with Crippen molar-refractivity contribution in [3.05, 3.63) is 0 Å². The number of hydrazine groups is 2. The van der Waals surface area contributed by atoms with Crippen LogP contribution in [0.5, 0.6) is 0 Å². The molecule has 0 saturated carbocycles. The number of nitrogens with zero attached hydrogens (tertiary/aromatic N) is 3. The fourth-order valence-corrected chi connectivity index (χ4v) is 1.72. The van der Waals surface area contributed by atoms with Crippen molar-refractivity contribution in [1.82, 2.24) is 16.0 Å². The van der Waals surface area contributed by atoms with Gasteiger partial charge in [-0.05, 0) is 34.0 Å². The maximum absolute atomic E-state index is 4.49. The molecule has 16 heavy (non-hydrogen) atoms. The van der Waals surface area contributed by atoms with Gasteiger partial charge in [0.15, 0.2) is 5.17 Å². The molecule has 0 saturated heterocycles. The molecule has 1 rings (SSSR count). The second-order valence-corrected chi connectivity index (χ2v) is 5.04. The molecule has 0 radical (unpaired) electrons. The van der Waals surface area contributed by atoms with Crippen LogP contribution in [-0.2, 0) is 0 Å². The topological polar surface area (TPSA) is 52.0 Å². The van der Waals surface area contributed by atoms with E-state index in [4.69, 9.17) is 0 Å². The standard InChI is InChI=1S/C10H21N5S/c1-7(2)11-9-6-15(13-8(3)4)14-10(12-9)16-5/h7-8,13H,6H2,1-5H3,(H,11,12,14). The highest BCUT2D eigenvalue weighted by molar-refractivity contribution is 8.13. The van der Waals surface area contributed by atoms with Gasteiger partial charge in [-0.25, -0.2) is 10.4 Å². The third-order valence-electron chi connectivity index (χ3n) is 1.78. The van der Waals surface area contributed by atoms with Crippen molar-refractivity contribution >= 4 is 22.8 Å². The summed E-state index contributed by atoms with van der Waals surface area (Å²) in [4.78, 5) is 8.92. The van der Waals surface area contributed by atoms with Crippen molar-refractivity contribution < 1.29 is 0 Å². The van der Waals surface area contributed by atoms with Gasteiger partial charge in [-0.15, -0.1) is 5.12 Å². The van der Waals surface area contributed by atoms with Crippen LogP contribution in [0.3, 0.4) is 0 Å². The SMILES string of the molecule is CSC1=NC(=NC(C)C)CN(NC(C)C)N1. The monoisotopic (exact) mass is 243 g/mol. The van der Waals surface area contributed by atoms with Gasteiger partial charge in [0, 0.05) is 12.1 Å². The molecule has 0 aromatic heterocycles. The Hall–Kier alpha value is -0.590. The molecule has 1 aliphatic rings. The summed E-state index contributed by atoms with van der Waals surface area (Å²) in [5.41, 5.74) is 6.49. The second-order valence-electron chi connectivity index (χ2n) is 4.24. The van der Waals surface area contributed by atoms with Gasteiger partial charge < -0.3 is 0 Å². The maximum Gasteiger partial charge on any atom is 0.178 e. The zero-order valence-electron chi connectivity index (χ0n) is 10.6. The van der Waals surface area contributed by atoms with Crippen molar-refractivity contribution in [3.8, 4) is 0 Å². The summed E-state index contributed by atoms with van der Waals surface area (Å²) in [7, 11) is 0. The lowest BCUT2D eigenvalue weighted by atomic mass is 10.4. The summed E-state index contributed by atoms with van der Waals surface area (Å²) in [5.74, 6) is 0.867. The van der Waals surface area contributed by atoms with Crippen LogP contribution in [0, 0.1) is 0 Å². The van der Waals surface area contributed by atoms with E-state index in [1.54, 1.807) is 11.8 Å². The molecule has 0 atom stereocenters. The molecule has 92 valence electrons. The molecular weight excluding hydrogens is 222 g/mol. The van der Waals surface area contributed by atoms with E-state index < -0.39 is 0 Å². The van der Waals surface area contributed by atoms with Gasteiger partial charge in [0.25, 0.3) is 0 Å². The summed E-state index contributed by atoms with van der Waals surface area (Å²) in [6.45, 7) is 9.00. The predicted molar refractivity (Wildman–Crippen MR) is 71.6 cm³/mol. The summed E-state index contributed by atoms with van der Waals surface area (Å²) in [5, 5.41) is 2.81. The van der Waals surface area contributed by atoms with Crippen LogP contribution in [0.4, 0.5) is 0 Å². The fourth-order valence-electron chi connectivity index (χ4n) is 1.32. The van der Waals surface area contributed by atoms with Crippen LogP contribution in [0.25, 0.3) is 0 Å². The van der Waals surface area contributed by atoms with Gasteiger partial charge in [-0.3, -0.25) is 10.4 Å². The van der Waals surface area contributed by atoms with Gasteiger partial charge in [0.1, 0.15) is 5.84 Å². The molecule has 1 heterocycles. The second kappa shape index (κ2) is 6.22. The maximum atomic E-state index is 4.49.